The van der Waals surface area contributed by atoms with Crippen molar-refractivity contribution in [3.05, 3.63) is 0 Å². The number of nitrogens with one attached hydrogen (secondary N) is 1. The summed E-state index contributed by atoms with van der Waals surface area (Å²) in [5, 5.41) is 11.6. The first-order chi connectivity index (χ1) is 7.80. The molecule has 1 aliphatic heterocycles. The molecule has 2 rings (SSSR count). The second-order valence-corrected chi connectivity index (χ2v) is 5.86. The van der Waals surface area contributed by atoms with Crippen LogP contribution in [0, 0.1) is 17.3 Å². The number of Topliss-reactive ketones (excluding diaryl/α,β-unsaturated/α-hetero) is 1. The Morgan fingerprint density at radius 3 is 2.65 bits per heavy atom. The van der Waals surface area contributed by atoms with E-state index in [0.29, 0.717) is 6.42 Å². The van der Waals surface area contributed by atoms with E-state index in [9.17, 15) is 14.4 Å². The van der Waals surface area contributed by atoms with Crippen molar-refractivity contribution >= 4 is 17.7 Å². The predicted molar refractivity (Wildman–Crippen MR) is 59.2 cm³/mol. The van der Waals surface area contributed by atoms with Gasteiger partial charge >= 0.3 is 5.97 Å². The fraction of sp³-hybridized carbons (Fsp3) is 0.750. The van der Waals surface area contributed by atoms with Gasteiger partial charge in [0, 0.05) is 18.4 Å². The molecule has 2 N–H and O–H groups in total. The third kappa shape index (κ3) is 2.18. The average molecular weight is 239 g/mol. The Labute approximate surface area is 99.6 Å². The second-order valence-electron chi connectivity index (χ2n) is 5.86. The summed E-state index contributed by atoms with van der Waals surface area (Å²) in [6.45, 7) is 3.99. The first-order valence-corrected chi connectivity index (χ1v) is 5.86. The van der Waals surface area contributed by atoms with Gasteiger partial charge in [-0.1, -0.05) is 13.8 Å². The summed E-state index contributed by atoms with van der Waals surface area (Å²) in [5.41, 5.74) is -0.110. The molecule has 0 aromatic heterocycles. The molecular formula is C12H17NO4. The maximum atomic E-state index is 12.0. The zero-order valence-electron chi connectivity index (χ0n) is 10.0. The number of rotatable bonds is 1. The minimum absolute atomic E-state index is 0.0810. The zero-order chi connectivity index (χ0) is 12.8. The first-order valence-electron chi connectivity index (χ1n) is 5.86. The molecule has 17 heavy (non-hydrogen) atoms. The van der Waals surface area contributed by atoms with Crippen molar-refractivity contribution in [1.29, 1.82) is 0 Å². The van der Waals surface area contributed by atoms with Gasteiger partial charge in [0.25, 0.3) is 0 Å². The van der Waals surface area contributed by atoms with Crippen LogP contribution in [0.1, 0.15) is 33.1 Å². The minimum Gasteiger partial charge on any atom is -0.481 e. The predicted octanol–water partition coefficient (Wildman–Crippen LogP) is 0.581. The minimum atomic E-state index is -1.14. The lowest BCUT2D eigenvalue weighted by atomic mass is 9.66. The van der Waals surface area contributed by atoms with Gasteiger partial charge in [0.15, 0.2) is 0 Å². The molecule has 1 aliphatic carbocycles. The maximum Gasteiger partial charge on any atom is 0.316 e. The highest BCUT2D eigenvalue weighted by Crippen LogP contribution is 2.40. The fourth-order valence-electron chi connectivity index (χ4n) is 2.94. The molecule has 3 unspecified atom stereocenters. The number of piperidine rings is 1. The zero-order valence-corrected chi connectivity index (χ0v) is 10.0. The van der Waals surface area contributed by atoms with Crippen molar-refractivity contribution in [3.8, 4) is 0 Å². The van der Waals surface area contributed by atoms with E-state index in [1.165, 1.54) is 0 Å². The standard InChI is InChI=1S/C12H17NO4/c1-12(2)4-8-6(9(14)5-12)3-7(11(16)17)10(15)13-8/h6-8H,3-5H2,1-2H3,(H,13,15)(H,16,17). The molecule has 94 valence electrons. The van der Waals surface area contributed by atoms with E-state index < -0.39 is 17.8 Å². The quantitative estimate of drug-likeness (QED) is 0.656. The SMILES string of the molecule is CC1(C)CC(=O)C2CC(C(=O)O)C(=O)NC2C1. The van der Waals surface area contributed by atoms with Gasteiger partial charge in [0.1, 0.15) is 11.7 Å². The fourth-order valence-corrected chi connectivity index (χ4v) is 2.94. The van der Waals surface area contributed by atoms with Crippen molar-refractivity contribution in [3.63, 3.8) is 0 Å². The molecule has 1 saturated carbocycles. The lowest BCUT2D eigenvalue weighted by Gasteiger charge is -2.43. The number of hydrogen-bond donors (Lipinski definition) is 2. The number of aliphatic carboxylic acids is 1. The largest absolute Gasteiger partial charge is 0.481 e. The number of fused-ring (bicyclic) bond motifs is 1. The molecule has 5 nitrogen and oxygen atoms in total. The van der Waals surface area contributed by atoms with Gasteiger partial charge in [-0.25, -0.2) is 0 Å². The number of hydrogen-bond acceptors (Lipinski definition) is 3. The van der Waals surface area contributed by atoms with Crippen molar-refractivity contribution in [2.45, 2.75) is 39.2 Å². The molecule has 1 saturated heterocycles. The number of carbonyl (C=O) groups excluding carboxylic acids is 2. The van der Waals surface area contributed by atoms with Crippen LogP contribution in [-0.2, 0) is 14.4 Å². The van der Waals surface area contributed by atoms with Crippen LogP contribution in [0.15, 0.2) is 0 Å². The van der Waals surface area contributed by atoms with Crippen LogP contribution in [0.3, 0.4) is 0 Å². The summed E-state index contributed by atoms with van der Waals surface area (Å²) >= 11 is 0. The summed E-state index contributed by atoms with van der Waals surface area (Å²) in [5.74, 6) is -2.90. The number of carboxylic acid groups (broad SMARTS) is 1. The van der Waals surface area contributed by atoms with Gasteiger partial charge in [0.05, 0.1) is 0 Å². The second kappa shape index (κ2) is 3.82. The van der Waals surface area contributed by atoms with Crippen LogP contribution in [0.5, 0.6) is 0 Å². The average Bonchev–Trinajstić information content (AvgIpc) is 2.13. The summed E-state index contributed by atoms with van der Waals surface area (Å²) in [7, 11) is 0. The van der Waals surface area contributed by atoms with Gasteiger partial charge in [-0.2, -0.15) is 0 Å². The van der Waals surface area contributed by atoms with E-state index in [2.05, 4.69) is 5.32 Å². The Morgan fingerprint density at radius 1 is 1.41 bits per heavy atom. The third-order valence-electron chi connectivity index (χ3n) is 3.76. The van der Waals surface area contributed by atoms with Crippen molar-refractivity contribution in [1.82, 2.24) is 5.32 Å². The smallest absolute Gasteiger partial charge is 0.316 e. The highest BCUT2D eigenvalue weighted by molar-refractivity contribution is 5.99. The normalized spacial score (nSPS) is 36.0. The first kappa shape index (κ1) is 12.1. The Hall–Kier alpha value is -1.39. The van der Waals surface area contributed by atoms with Gasteiger partial charge < -0.3 is 10.4 Å². The molecule has 1 amide bonds. The Balaban J connectivity index is 2.19. The lowest BCUT2D eigenvalue weighted by Crippen LogP contribution is -2.57. The molecule has 3 atom stereocenters. The van der Waals surface area contributed by atoms with Gasteiger partial charge in [-0.3, -0.25) is 14.4 Å². The number of amides is 1. The van der Waals surface area contributed by atoms with Crippen LogP contribution < -0.4 is 5.32 Å². The maximum absolute atomic E-state index is 12.0. The van der Waals surface area contributed by atoms with Crippen molar-refractivity contribution in [2.75, 3.05) is 0 Å². The number of ketones is 1. The van der Waals surface area contributed by atoms with Gasteiger partial charge in [-0.15, -0.1) is 0 Å². The summed E-state index contributed by atoms with van der Waals surface area (Å²) in [4.78, 5) is 34.5. The molecule has 0 bridgehead atoms. The van der Waals surface area contributed by atoms with E-state index >= 15 is 0 Å². The van der Waals surface area contributed by atoms with Crippen LogP contribution in [0.25, 0.3) is 0 Å². The molecule has 0 aromatic rings. The van der Waals surface area contributed by atoms with E-state index in [-0.39, 0.29) is 29.6 Å². The van der Waals surface area contributed by atoms with E-state index in [1.807, 2.05) is 13.8 Å². The van der Waals surface area contributed by atoms with Crippen LogP contribution in [0.2, 0.25) is 0 Å². The van der Waals surface area contributed by atoms with E-state index in [4.69, 9.17) is 5.11 Å². The molecule has 2 fully saturated rings. The highest BCUT2D eigenvalue weighted by Gasteiger charge is 2.47. The Kier molecular flexibility index (Phi) is 2.72. The molecule has 2 aliphatic rings. The van der Waals surface area contributed by atoms with E-state index in [0.717, 1.165) is 6.42 Å². The molecule has 5 heteroatoms. The number of carboxylic acids is 1. The highest BCUT2D eigenvalue weighted by atomic mass is 16.4. The van der Waals surface area contributed by atoms with Crippen LogP contribution >= 0.6 is 0 Å². The van der Waals surface area contributed by atoms with Gasteiger partial charge in [0.2, 0.25) is 5.91 Å². The molecule has 0 spiro atoms. The molecule has 0 aromatic carbocycles. The van der Waals surface area contributed by atoms with Crippen molar-refractivity contribution < 1.29 is 19.5 Å². The Bertz CT molecular complexity index is 388. The number of carbonyl (C=O) groups is 3. The third-order valence-corrected chi connectivity index (χ3v) is 3.76. The lowest BCUT2D eigenvalue weighted by molar-refractivity contribution is -0.152. The van der Waals surface area contributed by atoms with Crippen molar-refractivity contribution in [2.24, 2.45) is 17.3 Å². The van der Waals surface area contributed by atoms with Crippen LogP contribution in [0.4, 0.5) is 0 Å². The summed E-state index contributed by atoms with van der Waals surface area (Å²) in [6, 6.07) is -0.186. The Morgan fingerprint density at radius 2 is 2.06 bits per heavy atom. The summed E-state index contributed by atoms with van der Waals surface area (Å²) in [6.07, 6.45) is 1.36. The topological polar surface area (TPSA) is 83.5 Å². The van der Waals surface area contributed by atoms with Crippen LogP contribution in [-0.4, -0.2) is 28.8 Å². The monoisotopic (exact) mass is 239 g/mol. The summed E-state index contributed by atoms with van der Waals surface area (Å²) < 4.78 is 0. The van der Waals surface area contributed by atoms with E-state index in [1.54, 1.807) is 0 Å². The van der Waals surface area contributed by atoms with Gasteiger partial charge in [-0.05, 0) is 18.3 Å². The molecular weight excluding hydrogens is 222 g/mol. The molecule has 1 heterocycles. The molecule has 0 radical (unpaired) electrons.